The van der Waals surface area contributed by atoms with Gasteiger partial charge in [0.25, 0.3) is 0 Å². The molecule has 3 aliphatic heterocycles. The summed E-state index contributed by atoms with van der Waals surface area (Å²) >= 11 is 0. The number of fused-ring (bicyclic) bond motifs is 1. The molecule has 0 aliphatic carbocycles. The Balaban J connectivity index is 1.39. The van der Waals surface area contributed by atoms with Gasteiger partial charge in [0.2, 0.25) is 6.29 Å². The fourth-order valence-corrected chi connectivity index (χ4v) is 5.39. The van der Waals surface area contributed by atoms with Crippen LogP contribution in [0.15, 0.2) is 36.4 Å². The van der Waals surface area contributed by atoms with Crippen LogP contribution in [-0.2, 0) is 14.2 Å². The summed E-state index contributed by atoms with van der Waals surface area (Å²) in [5, 5.41) is 73.0. The Hall–Kier alpha value is -2.72. The highest BCUT2D eigenvalue weighted by Gasteiger charge is 2.69. The lowest BCUT2D eigenvalue weighted by Gasteiger charge is -2.39. The molecule has 13 heteroatoms. The van der Waals surface area contributed by atoms with Crippen LogP contribution in [0.1, 0.15) is 23.3 Å². The highest BCUT2D eigenvalue weighted by molar-refractivity contribution is 5.47. The number of rotatable bonds is 7. The minimum atomic E-state index is -1.85. The summed E-state index contributed by atoms with van der Waals surface area (Å²) < 4.78 is 33.4. The molecule has 214 valence electrons. The van der Waals surface area contributed by atoms with E-state index in [0.717, 1.165) is 0 Å². The first-order chi connectivity index (χ1) is 18.6. The number of phenols is 1. The maximum Gasteiger partial charge on any atom is 0.229 e. The number of methoxy groups -OCH3 is 2. The molecule has 5 rings (SSSR count). The zero-order valence-electron chi connectivity index (χ0n) is 21.2. The van der Waals surface area contributed by atoms with E-state index in [4.69, 9.17) is 28.4 Å². The molecule has 2 aromatic carbocycles. The SMILES string of the molecule is COc1cc([C@@H]2OC[C@]3(O)[C@H](c4ccc(O[C@@H]5O[C@H](CO)[C@@H](O)[C@H](O)[C@H]5O)c(OC)c4)OC[C@]23O)ccc1O. The van der Waals surface area contributed by atoms with Gasteiger partial charge in [0.15, 0.2) is 34.2 Å². The number of aromatic hydroxyl groups is 1. The van der Waals surface area contributed by atoms with Crippen molar-refractivity contribution in [2.24, 2.45) is 0 Å². The predicted octanol–water partition coefficient (Wildman–Crippen LogP) is -1.11. The third-order valence-electron chi connectivity index (χ3n) is 7.65. The van der Waals surface area contributed by atoms with Crippen molar-refractivity contribution >= 4 is 0 Å². The second-order valence-corrected chi connectivity index (χ2v) is 9.89. The molecule has 3 aliphatic rings. The molecule has 3 saturated heterocycles. The Bertz CT molecular complexity index is 1190. The number of benzene rings is 2. The van der Waals surface area contributed by atoms with Gasteiger partial charge in [-0.3, -0.25) is 0 Å². The maximum absolute atomic E-state index is 11.7. The molecule has 0 radical (unpaired) electrons. The van der Waals surface area contributed by atoms with Crippen molar-refractivity contribution in [2.45, 2.75) is 54.1 Å². The molecule has 0 bridgehead atoms. The van der Waals surface area contributed by atoms with Crippen LogP contribution in [0.5, 0.6) is 23.0 Å². The van der Waals surface area contributed by atoms with E-state index < -0.39 is 60.7 Å². The molecule has 7 N–H and O–H groups in total. The second-order valence-electron chi connectivity index (χ2n) is 9.89. The predicted molar refractivity (Wildman–Crippen MR) is 129 cm³/mol. The molecular formula is C26H32O13. The summed E-state index contributed by atoms with van der Waals surface area (Å²) in [5.41, 5.74) is -2.78. The van der Waals surface area contributed by atoms with Gasteiger partial charge in [0.05, 0.1) is 34.0 Å². The maximum atomic E-state index is 11.7. The fraction of sp³-hybridized carbons (Fsp3) is 0.538. The van der Waals surface area contributed by atoms with Crippen LogP contribution in [0.2, 0.25) is 0 Å². The number of aliphatic hydroxyl groups excluding tert-OH is 4. The van der Waals surface area contributed by atoms with Crippen molar-refractivity contribution in [3.8, 4) is 23.0 Å². The van der Waals surface area contributed by atoms with Crippen molar-refractivity contribution in [1.29, 1.82) is 0 Å². The smallest absolute Gasteiger partial charge is 0.229 e. The van der Waals surface area contributed by atoms with Crippen LogP contribution >= 0.6 is 0 Å². The van der Waals surface area contributed by atoms with Crippen LogP contribution in [-0.4, -0.2) is 112 Å². The first kappa shape index (κ1) is 27.8. The van der Waals surface area contributed by atoms with Crippen molar-refractivity contribution in [1.82, 2.24) is 0 Å². The first-order valence-corrected chi connectivity index (χ1v) is 12.3. The lowest BCUT2D eigenvalue weighted by Crippen LogP contribution is -2.60. The molecule has 2 aromatic rings. The summed E-state index contributed by atoms with van der Waals surface area (Å²) in [6.07, 6.45) is -9.35. The molecule has 0 spiro atoms. The van der Waals surface area contributed by atoms with Gasteiger partial charge in [-0.1, -0.05) is 12.1 Å². The molecule has 0 saturated carbocycles. The van der Waals surface area contributed by atoms with Gasteiger partial charge in [-0.2, -0.15) is 0 Å². The molecule has 0 unspecified atom stereocenters. The monoisotopic (exact) mass is 552 g/mol. The first-order valence-electron chi connectivity index (χ1n) is 12.3. The van der Waals surface area contributed by atoms with Crippen LogP contribution in [0, 0.1) is 0 Å². The average Bonchev–Trinajstić information content (AvgIpc) is 3.35. The van der Waals surface area contributed by atoms with Crippen molar-refractivity contribution < 1.29 is 64.2 Å². The average molecular weight is 553 g/mol. The van der Waals surface area contributed by atoms with Crippen LogP contribution in [0.4, 0.5) is 0 Å². The van der Waals surface area contributed by atoms with Gasteiger partial charge in [-0.05, 0) is 35.4 Å². The van der Waals surface area contributed by atoms with E-state index >= 15 is 0 Å². The molecule has 3 fully saturated rings. The third-order valence-corrected chi connectivity index (χ3v) is 7.65. The fourth-order valence-electron chi connectivity index (χ4n) is 5.39. The summed E-state index contributed by atoms with van der Waals surface area (Å²) in [4.78, 5) is 0. The van der Waals surface area contributed by atoms with Gasteiger partial charge in [-0.15, -0.1) is 0 Å². The summed E-state index contributed by atoms with van der Waals surface area (Å²) in [7, 11) is 2.76. The van der Waals surface area contributed by atoms with E-state index in [2.05, 4.69) is 0 Å². The number of aliphatic hydroxyl groups is 6. The Labute approximate surface area is 223 Å². The highest BCUT2D eigenvalue weighted by Crippen LogP contribution is 2.56. The van der Waals surface area contributed by atoms with Crippen molar-refractivity contribution in [2.75, 3.05) is 34.0 Å². The lowest BCUT2D eigenvalue weighted by atomic mass is 9.77. The van der Waals surface area contributed by atoms with Gasteiger partial charge < -0.3 is 64.2 Å². The Morgan fingerprint density at radius 3 is 1.92 bits per heavy atom. The molecule has 3 heterocycles. The zero-order valence-corrected chi connectivity index (χ0v) is 21.2. The third kappa shape index (κ3) is 4.40. The van der Waals surface area contributed by atoms with Gasteiger partial charge >= 0.3 is 0 Å². The lowest BCUT2D eigenvalue weighted by molar-refractivity contribution is -0.277. The highest BCUT2D eigenvalue weighted by atomic mass is 16.7. The van der Waals surface area contributed by atoms with E-state index in [1.165, 1.54) is 38.5 Å². The number of phenolic OH excluding ortho intramolecular Hbond substituents is 1. The van der Waals surface area contributed by atoms with E-state index in [-0.39, 0.29) is 36.2 Å². The molecule has 39 heavy (non-hydrogen) atoms. The summed E-state index contributed by atoms with van der Waals surface area (Å²) in [5.74, 6) is 0.360. The Kier molecular flexibility index (Phi) is 7.39. The van der Waals surface area contributed by atoms with E-state index in [0.29, 0.717) is 11.1 Å². The molecule has 13 nitrogen and oxygen atoms in total. The van der Waals surface area contributed by atoms with Crippen LogP contribution in [0.25, 0.3) is 0 Å². The van der Waals surface area contributed by atoms with Crippen LogP contribution < -0.4 is 14.2 Å². The van der Waals surface area contributed by atoms with Gasteiger partial charge in [0, 0.05) is 0 Å². The Morgan fingerprint density at radius 1 is 0.795 bits per heavy atom. The minimum absolute atomic E-state index is 0.0832. The van der Waals surface area contributed by atoms with Gasteiger partial charge in [-0.25, -0.2) is 0 Å². The quantitative estimate of drug-likeness (QED) is 0.219. The molecule has 0 aromatic heterocycles. The standard InChI is InChI=1S/C26H32O13/c1-34-16-7-12(3-5-14(16)28)22-25(32)10-37-23(26(25,33)11-36-22)13-4-6-15(17(8-13)35-2)38-24-21(31)20(30)19(29)18(9-27)39-24/h3-8,18-24,27-33H,9-11H2,1-2H3/t18-,19-,20+,21-,22+,23+,24-,25+,26+/m1/s1. The second kappa shape index (κ2) is 10.4. The van der Waals surface area contributed by atoms with E-state index in [1.54, 1.807) is 12.1 Å². The van der Waals surface area contributed by atoms with E-state index in [1.807, 2.05) is 0 Å². The van der Waals surface area contributed by atoms with Crippen molar-refractivity contribution in [3.63, 3.8) is 0 Å². The number of hydrogen-bond acceptors (Lipinski definition) is 13. The number of hydrogen-bond donors (Lipinski definition) is 7. The minimum Gasteiger partial charge on any atom is -0.504 e. The van der Waals surface area contributed by atoms with E-state index in [9.17, 15) is 35.7 Å². The number of ether oxygens (including phenoxy) is 6. The van der Waals surface area contributed by atoms with Crippen molar-refractivity contribution in [3.05, 3.63) is 47.5 Å². The molecule has 0 amide bonds. The largest absolute Gasteiger partial charge is 0.504 e. The Morgan fingerprint density at radius 2 is 1.36 bits per heavy atom. The van der Waals surface area contributed by atoms with Gasteiger partial charge in [0.1, 0.15) is 36.6 Å². The summed E-state index contributed by atoms with van der Waals surface area (Å²) in [6.45, 7) is -1.12. The summed E-state index contributed by atoms with van der Waals surface area (Å²) in [6, 6.07) is 9.04. The zero-order chi connectivity index (χ0) is 28.1. The van der Waals surface area contributed by atoms with Crippen LogP contribution in [0.3, 0.4) is 0 Å². The normalized spacial score (nSPS) is 37.9. The topological polar surface area (TPSA) is 197 Å². The molecule has 9 atom stereocenters. The molecular weight excluding hydrogens is 520 g/mol.